The smallest absolute Gasteiger partial charge is 0.251 e. The summed E-state index contributed by atoms with van der Waals surface area (Å²) < 4.78 is 10.5. The van der Waals surface area contributed by atoms with Gasteiger partial charge in [0.25, 0.3) is 5.91 Å². The second kappa shape index (κ2) is 8.44. The Morgan fingerprint density at radius 1 is 1.21 bits per heavy atom. The van der Waals surface area contributed by atoms with Crippen molar-refractivity contribution in [3.63, 3.8) is 0 Å². The number of hydrogen-bond donors (Lipinski definition) is 1. The Balaban J connectivity index is 1.55. The number of nitrogens with zero attached hydrogens (tertiary/aromatic N) is 2. The number of ether oxygens (including phenoxy) is 1. The van der Waals surface area contributed by atoms with E-state index in [1.165, 1.54) is 0 Å². The molecule has 3 aromatic rings. The molecule has 0 fully saturated rings. The molecule has 1 aromatic heterocycles. The van der Waals surface area contributed by atoms with Crippen LogP contribution in [0.4, 0.5) is 0 Å². The van der Waals surface area contributed by atoms with Crippen LogP contribution in [-0.4, -0.2) is 22.6 Å². The van der Waals surface area contributed by atoms with Crippen molar-refractivity contribution in [1.82, 2.24) is 15.5 Å². The second-order valence-corrected chi connectivity index (χ2v) is 7.56. The van der Waals surface area contributed by atoms with Gasteiger partial charge in [-0.1, -0.05) is 42.7 Å². The van der Waals surface area contributed by atoms with Crippen LogP contribution in [0.1, 0.15) is 41.5 Å². The molecule has 28 heavy (non-hydrogen) atoms. The van der Waals surface area contributed by atoms with Gasteiger partial charge in [0.15, 0.2) is 6.61 Å². The van der Waals surface area contributed by atoms with Gasteiger partial charge >= 0.3 is 0 Å². The fourth-order valence-corrected chi connectivity index (χ4v) is 2.86. The van der Waals surface area contributed by atoms with Gasteiger partial charge in [-0.2, -0.15) is 4.98 Å². The van der Waals surface area contributed by atoms with E-state index >= 15 is 0 Å². The molecule has 1 N–H and O–H groups in total. The van der Waals surface area contributed by atoms with Crippen molar-refractivity contribution in [2.45, 2.75) is 32.8 Å². The topological polar surface area (TPSA) is 77.2 Å². The van der Waals surface area contributed by atoms with E-state index in [0.29, 0.717) is 34.6 Å². The fourth-order valence-electron chi connectivity index (χ4n) is 2.67. The molecule has 0 saturated carbocycles. The fraction of sp³-hybridized carbons (Fsp3) is 0.286. The number of aryl methyl sites for hydroxylation is 1. The van der Waals surface area contributed by atoms with E-state index in [0.717, 1.165) is 5.56 Å². The molecule has 6 nitrogen and oxygen atoms in total. The Hall–Kier alpha value is -2.86. The summed E-state index contributed by atoms with van der Waals surface area (Å²) in [5, 5.41) is 7.44. The van der Waals surface area contributed by atoms with Crippen LogP contribution in [0, 0.1) is 6.92 Å². The Morgan fingerprint density at radius 3 is 2.61 bits per heavy atom. The van der Waals surface area contributed by atoms with Gasteiger partial charge in [0.1, 0.15) is 5.75 Å². The number of carbonyl (C=O) groups excluding carboxylic acids is 1. The maximum Gasteiger partial charge on any atom is 0.251 e. The molecule has 2 aromatic carbocycles. The van der Waals surface area contributed by atoms with Gasteiger partial charge in [-0.25, -0.2) is 0 Å². The van der Waals surface area contributed by atoms with Crippen LogP contribution in [0.2, 0.25) is 5.02 Å². The maximum absolute atomic E-state index is 12.5. The first-order chi connectivity index (χ1) is 13.3. The first kappa shape index (κ1) is 19.9. The standard InChI is InChI=1S/C21H22ClN3O3/c1-14-24-19(25-28-14)12-27-18-9-7-15(8-10-18)20(26)23-13-21(2,3)16-5-4-6-17(22)11-16/h4-11H,12-13H2,1-3H3,(H,23,26). The summed E-state index contributed by atoms with van der Waals surface area (Å²) in [5.41, 5.74) is 1.39. The molecule has 0 aliphatic heterocycles. The number of benzene rings is 2. The summed E-state index contributed by atoms with van der Waals surface area (Å²) >= 11 is 6.08. The summed E-state index contributed by atoms with van der Waals surface area (Å²) in [4.78, 5) is 16.5. The lowest BCUT2D eigenvalue weighted by Gasteiger charge is -2.26. The van der Waals surface area contributed by atoms with Crippen molar-refractivity contribution < 1.29 is 14.1 Å². The molecule has 0 saturated heterocycles. The lowest BCUT2D eigenvalue weighted by Crippen LogP contribution is -2.36. The molecule has 0 bridgehead atoms. The molecule has 3 rings (SSSR count). The predicted molar refractivity (Wildman–Crippen MR) is 107 cm³/mol. The normalized spacial score (nSPS) is 11.3. The van der Waals surface area contributed by atoms with Gasteiger partial charge in [-0.15, -0.1) is 0 Å². The summed E-state index contributed by atoms with van der Waals surface area (Å²) in [6.07, 6.45) is 0. The number of amides is 1. The molecule has 0 atom stereocenters. The minimum Gasteiger partial charge on any atom is -0.485 e. The van der Waals surface area contributed by atoms with Gasteiger partial charge in [0.05, 0.1) is 0 Å². The molecular formula is C21H22ClN3O3. The van der Waals surface area contributed by atoms with Crippen molar-refractivity contribution in [3.05, 3.63) is 76.4 Å². The Kier molecular flexibility index (Phi) is 5.99. The molecule has 7 heteroatoms. The van der Waals surface area contributed by atoms with Crippen molar-refractivity contribution in [1.29, 1.82) is 0 Å². The average molecular weight is 400 g/mol. The first-order valence-corrected chi connectivity index (χ1v) is 9.27. The highest BCUT2D eigenvalue weighted by Gasteiger charge is 2.22. The van der Waals surface area contributed by atoms with Gasteiger partial charge < -0.3 is 14.6 Å². The van der Waals surface area contributed by atoms with Gasteiger partial charge in [-0.05, 0) is 42.0 Å². The maximum atomic E-state index is 12.5. The van der Waals surface area contributed by atoms with Crippen LogP contribution in [0.25, 0.3) is 0 Å². The van der Waals surface area contributed by atoms with Crippen molar-refractivity contribution in [2.75, 3.05) is 6.54 Å². The minimum absolute atomic E-state index is 0.143. The second-order valence-electron chi connectivity index (χ2n) is 7.12. The molecule has 0 unspecified atom stereocenters. The molecule has 1 amide bonds. The quantitative estimate of drug-likeness (QED) is 0.640. The molecule has 1 heterocycles. The van der Waals surface area contributed by atoms with E-state index in [-0.39, 0.29) is 17.9 Å². The Morgan fingerprint density at radius 2 is 1.96 bits per heavy atom. The monoisotopic (exact) mass is 399 g/mol. The summed E-state index contributed by atoms with van der Waals surface area (Å²) in [6.45, 7) is 6.54. The third kappa shape index (κ3) is 5.10. The van der Waals surface area contributed by atoms with Crippen molar-refractivity contribution in [2.24, 2.45) is 0 Å². The van der Waals surface area contributed by atoms with Crippen LogP contribution in [0.3, 0.4) is 0 Å². The minimum atomic E-state index is -0.244. The third-order valence-corrected chi connectivity index (χ3v) is 4.59. The Bertz CT molecular complexity index is 952. The molecular weight excluding hydrogens is 378 g/mol. The van der Waals surface area contributed by atoms with Crippen molar-refractivity contribution in [3.8, 4) is 5.75 Å². The highest BCUT2D eigenvalue weighted by molar-refractivity contribution is 6.30. The van der Waals surface area contributed by atoms with Gasteiger partial charge in [0, 0.05) is 29.5 Å². The zero-order valence-corrected chi connectivity index (χ0v) is 16.8. The van der Waals surface area contributed by atoms with Crippen LogP contribution in [-0.2, 0) is 12.0 Å². The number of carbonyl (C=O) groups is 1. The van der Waals surface area contributed by atoms with E-state index < -0.39 is 0 Å². The lowest BCUT2D eigenvalue weighted by atomic mass is 9.84. The van der Waals surface area contributed by atoms with Crippen LogP contribution in [0.15, 0.2) is 53.1 Å². The largest absolute Gasteiger partial charge is 0.485 e. The zero-order chi connectivity index (χ0) is 20.1. The zero-order valence-electron chi connectivity index (χ0n) is 16.0. The number of rotatable bonds is 7. The summed E-state index contributed by atoms with van der Waals surface area (Å²) in [6, 6.07) is 14.6. The van der Waals surface area contributed by atoms with Crippen molar-refractivity contribution >= 4 is 17.5 Å². The first-order valence-electron chi connectivity index (χ1n) is 8.90. The van der Waals surface area contributed by atoms with Crippen LogP contribution >= 0.6 is 11.6 Å². The number of halogens is 1. The third-order valence-electron chi connectivity index (χ3n) is 4.35. The highest BCUT2D eigenvalue weighted by Crippen LogP contribution is 2.25. The van der Waals surface area contributed by atoms with E-state index in [1.807, 2.05) is 24.3 Å². The Labute approximate surface area is 168 Å². The highest BCUT2D eigenvalue weighted by atomic mass is 35.5. The predicted octanol–water partition coefficient (Wildman–Crippen LogP) is 4.32. The molecule has 0 spiro atoms. The van der Waals surface area contributed by atoms with Gasteiger partial charge in [-0.3, -0.25) is 4.79 Å². The van der Waals surface area contributed by atoms with E-state index in [4.69, 9.17) is 20.9 Å². The van der Waals surface area contributed by atoms with Crippen LogP contribution in [0.5, 0.6) is 5.75 Å². The average Bonchev–Trinajstić information content (AvgIpc) is 3.10. The SMILES string of the molecule is Cc1nc(COc2ccc(C(=O)NCC(C)(C)c3cccc(Cl)c3)cc2)no1. The lowest BCUT2D eigenvalue weighted by molar-refractivity contribution is 0.0945. The van der Waals surface area contributed by atoms with E-state index in [9.17, 15) is 4.79 Å². The number of nitrogens with one attached hydrogen (secondary N) is 1. The van der Waals surface area contributed by atoms with E-state index in [1.54, 1.807) is 31.2 Å². The summed E-state index contributed by atoms with van der Waals surface area (Å²) in [7, 11) is 0. The molecule has 0 aliphatic rings. The van der Waals surface area contributed by atoms with Gasteiger partial charge in [0.2, 0.25) is 11.7 Å². The van der Waals surface area contributed by atoms with Crippen LogP contribution < -0.4 is 10.1 Å². The summed E-state index contributed by atoms with van der Waals surface area (Å²) in [5.74, 6) is 1.45. The molecule has 0 aliphatic carbocycles. The number of aromatic nitrogens is 2. The molecule has 146 valence electrons. The van der Waals surface area contributed by atoms with E-state index in [2.05, 4.69) is 29.3 Å². The molecule has 0 radical (unpaired) electrons. The number of hydrogen-bond acceptors (Lipinski definition) is 5.